The van der Waals surface area contributed by atoms with E-state index in [1.54, 1.807) is 6.92 Å². The summed E-state index contributed by atoms with van der Waals surface area (Å²) >= 11 is 9.70. The van der Waals surface area contributed by atoms with Crippen LogP contribution in [-0.4, -0.2) is 17.6 Å². The van der Waals surface area contributed by atoms with E-state index in [-0.39, 0.29) is 0 Å². The van der Waals surface area contributed by atoms with Gasteiger partial charge in [0.2, 0.25) is 0 Å². The molecule has 0 saturated heterocycles. The molecule has 5 heteroatoms. The van der Waals surface area contributed by atoms with E-state index in [0.717, 1.165) is 20.9 Å². The Morgan fingerprint density at radius 3 is 2.89 bits per heavy atom. The number of nitrogens with zero attached hydrogens (tertiary/aromatic N) is 1. The Labute approximate surface area is 118 Å². The maximum absolute atomic E-state index is 11.7. The third-order valence-corrected chi connectivity index (χ3v) is 4.01. The largest absolute Gasteiger partial charge is 0.462 e. The third-order valence-electron chi connectivity index (χ3n) is 2.60. The Balaban J connectivity index is 2.65. The molecule has 0 aliphatic heterocycles. The van der Waals surface area contributed by atoms with Crippen molar-refractivity contribution in [3.8, 4) is 0 Å². The number of aromatic nitrogens is 1. The van der Waals surface area contributed by atoms with Crippen molar-refractivity contribution in [3.63, 3.8) is 0 Å². The summed E-state index contributed by atoms with van der Waals surface area (Å²) in [7, 11) is 0. The molecule has 3 nitrogen and oxygen atoms in total. The SMILES string of the molecule is CCOC(=O)c1cnc2c(Br)c(C)ccc2c1Cl. The first kappa shape index (κ1) is 13.3. The summed E-state index contributed by atoms with van der Waals surface area (Å²) in [5.41, 5.74) is 2.10. The van der Waals surface area contributed by atoms with Crippen molar-refractivity contribution in [3.05, 3.63) is 39.0 Å². The molecular weight excluding hydrogens is 318 g/mol. The normalized spacial score (nSPS) is 10.7. The average molecular weight is 329 g/mol. The monoisotopic (exact) mass is 327 g/mol. The van der Waals surface area contributed by atoms with Crippen LogP contribution in [0.3, 0.4) is 0 Å². The number of carbonyl (C=O) groups is 1. The summed E-state index contributed by atoms with van der Waals surface area (Å²) in [5.74, 6) is -0.450. The summed E-state index contributed by atoms with van der Waals surface area (Å²) in [6.45, 7) is 4.03. The van der Waals surface area contributed by atoms with Crippen LogP contribution in [0.5, 0.6) is 0 Å². The van der Waals surface area contributed by atoms with E-state index >= 15 is 0 Å². The molecule has 1 aromatic heterocycles. The fraction of sp³-hybridized carbons (Fsp3) is 0.231. The molecule has 0 spiro atoms. The summed E-state index contributed by atoms with van der Waals surface area (Å²) < 4.78 is 5.82. The first-order valence-corrected chi connectivity index (χ1v) is 6.63. The zero-order chi connectivity index (χ0) is 13.3. The molecule has 1 aromatic carbocycles. The summed E-state index contributed by atoms with van der Waals surface area (Å²) in [4.78, 5) is 16.0. The van der Waals surface area contributed by atoms with Gasteiger partial charge in [0.1, 0.15) is 0 Å². The molecule has 0 N–H and O–H groups in total. The predicted molar refractivity (Wildman–Crippen MR) is 75.1 cm³/mol. The van der Waals surface area contributed by atoms with Gasteiger partial charge in [0.25, 0.3) is 0 Å². The fourth-order valence-electron chi connectivity index (χ4n) is 1.65. The number of pyridine rings is 1. The Morgan fingerprint density at radius 2 is 2.22 bits per heavy atom. The minimum atomic E-state index is -0.450. The fourth-order valence-corrected chi connectivity index (χ4v) is 2.38. The average Bonchev–Trinajstić information content (AvgIpc) is 2.34. The van der Waals surface area contributed by atoms with Gasteiger partial charge in [0.15, 0.2) is 0 Å². The van der Waals surface area contributed by atoms with E-state index in [1.165, 1.54) is 6.20 Å². The van der Waals surface area contributed by atoms with E-state index in [9.17, 15) is 4.79 Å². The molecule has 0 atom stereocenters. The molecule has 0 unspecified atom stereocenters. The molecule has 0 bridgehead atoms. The zero-order valence-corrected chi connectivity index (χ0v) is 12.3. The van der Waals surface area contributed by atoms with Gasteiger partial charge in [-0.3, -0.25) is 4.98 Å². The minimum Gasteiger partial charge on any atom is -0.462 e. The molecule has 94 valence electrons. The maximum Gasteiger partial charge on any atom is 0.341 e. The van der Waals surface area contributed by atoms with Crippen LogP contribution in [0, 0.1) is 6.92 Å². The van der Waals surface area contributed by atoms with Crippen LogP contribution in [-0.2, 0) is 4.74 Å². The molecule has 18 heavy (non-hydrogen) atoms. The summed E-state index contributed by atoms with van der Waals surface area (Å²) in [5, 5.41) is 1.11. The summed E-state index contributed by atoms with van der Waals surface area (Å²) in [6.07, 6.45) is 1.45. The second-order valence-electron chi connectivity index (χ2n) is 3.80. The number of ether oxygens (including phenoxy) is 1. The molecule has 0 amide bonds. The quantitative estimate of drug-likeness (QED) is 0.778. The molecular formula is C13H11BrClNO2. The van der Waals surface area contributed by atoms with Gasteiger partial charge in [-0.1, -0.05) is 23.7 Å². The lowest BCUT2D eigenvalue weighted by molar-refractivity contribution is 0.0526. The first-order chi connectivity index (χ1) is 8.56. The van der Waals surface area contributed by atoms with Gasteiger partial charge in [0, 0.05) is 16.1 Å². The highest BCUT2D eigenvalue weighted by atomic mass is 79.9. The molecule has 0 fully saturated rings. The number of hydrogen-bond donors (Lipinski definition) is 0. The standard InChI is InChI=1S/C13H11BrClNO2/c1-3-18-13(17)9-6-16-12-8(11(9)15)5-4-7(2)10(12)14/h4-6H,3H2,1-2H3. The van der Waals surface area contributed by atoms with Gasteiger partial charge in [-0.2, -0.15) is 0 Å². The van der Waals surface area contributed by atoms with Crippen LogP contribution in [0.2, 0.25) is 5.02 Å². The molecule has 2 rings (SSSR count). The van der Waals surface area contributed by atoms with Crippen LogP contribution < -0.4 is 0 Å². The van der Waals surface area contributed by atoms with Crippen LogP contribution in [0.1, 0.15) is 22.8 Å². The number of esters is 1. The van der Waals surface area contributed by atoms with Gasteiger partial charge < -0.3 is 4.74 Å². The predicted octanol–water partition coefficient (Wildman–Crippen LogP) is 4.14. The molecule has 0 saturated carbocycles. The van der Waals surface area contributed by atoms with Crippen molar-refractivity contribution >= 4 is 44.4 Å². The Hall–Kier alpha value is -1.13. The van der Waals surface area contributed by atoms with E-state index in [1.807, 2.05) is 19.1 Å². The summed E-state index contributed by atoms with van der Waals surface area (Å²) in [6, 6.07) is 3.78. The molecule has 0 aliphatic rings. The number of hydrogen-bond acceptors (Lipinski definition) is 3. The second-order valence-corrected chi connectivity index (χ2v) is 4.97. The molecule has 1 heterocycles. The molecule has 2 aromatic rings. The van der Waals surface area contributed by atoms with Crippen LogP contribution >= 0.6 is 27.5 Å². The van der Waals surface area contributed by atoms with Crippen LogP contribution in [0.4, 0.5) is 0 Å². The topological polar surface area (TPSA) is 39.2 Å². The number of carbonyl (C=O) groups excluding carboxylic acids is 1. The highest BCUT2D eigenvalue weighted by Gasteiger charge is 2.16. The van der Waals surface area contributed by atoms with Crippen molar-refractivity contribution in [2.45, 2.75) is 13.8 Å². The van der Waals surface area contributed by atoms with Gasteiger partial charge in [0.05, 0.1) is 22.7 Å². The van der Waals surface area contributed by atoms with E-state index in [0.29, 0.717) is 17.2 Å². The van der Waals surface area contributed by atoms with E-state index in [4.69, 9.17) is 16.3 Å². The minimum absolute atomic E-state index is 0.293. The lowest BCUT2D eigenvalue weighted by Crippen LogP contribution is -2.06. The van der Waals surface area contributed by atoms with Crippen molar-refractivity contribution in [2.75, 3.05) is 6.61 Å². The highest BCUT2D eigenvalue weighted by molar-refractivity contribution is 9.10. The van der Waals surface area contributed by atoms with E-state index in [2.05, 4.69) is 20.9 Å². The van der Waals surface area contributed by atoms with Crippen molar-refractivity contribution in [2.24, 2.45) is 0 Å². The Kier molecular flexibility index (Phi) is 3.88. The zero-order valence-electron chi connectivity index (χ0n) is 9.96. The van der Waals surface area contributed by atoms with E-state index < -0.39 is 5.97 Å². The first-order valence-electron chi connectivity index (χ1n) is 5.46. The van der Waals surface area contributed by atoms with Gasteiger partial charge in [-0.05, 0) is 35.3 Å². The van der Waals surface area contributed by atoms with Crippen molar-refractivity contribution in [1.29, 1.82) is 0 Å². The Morgan fingerprint density at radius 1 is 1.50 bits per heavy atom. The Bertz CT molecular complexity index is 628. The van der Waals surface area contributed by atoms with Crippen LogP contribution in [0.25, 0.3) is 10.9 Å². The maximum atomic E-state index is 11.7. The van der Waals surface area contributed by atoms with Crippen molar-refractivity contribution in [1.82, 2.24) is 4.98 Å². The van der Waals surface area contributed by atoms with Gasteiger partial charge >= 0.3 is 5.97 Å². The molecule has 0 aliphatic carbocycles. The third kappa shape index (κ3) is 2.22. The van der Waals surface area contributed by atoms with Gasteiger partial charge in [-0.15, -0.1) is 0 Å². The highest BCUT2D eigenvalue weighted by Crippen LogP contribution is 2.32. The van der Waals surface area contributed by atoms with Crippen LogP contribution in [0.15, 0.2) is 22.8 Å². The lowest BCUT2D eigenvalue weighted by atomic mass is 10.1. The molecule has 0 radical (unpaired) electrons. The number of rotatable bonds is 2. The van der Waals surface area contributed by atoms with Gasteiger partial charge in [-0.25, -0.2) is 4.79 Å². The number of aryl methyl sites for hydroxylation is 1. The number of fused-ring (bicyclic) bond motifs is 1. The lowest BCUT2D eigenvalue weighted by Gasteiger charge is -2.08. The smallest absolute Gasteiger partial charge is 0.341 e. The number of halogens is 2. The second kappa shape index (κ2) is 5.24. The number of benzene rings is 1. The van der Waals surface area contributed by atoms with Crippen molar-refractivity contribution < 1.29 is 9.53 Å².